The molecule has 0 unspecified atom stereocenters. The van der Waals surface area contributed by atoms with Gasteiger partial charge in [0, 0.05) is 24.1 Å². The van der Waals surface area contributed by atoms with E-state index in [1.165, 1.54) is 12.1 Å². The van der Waals surface area contributed by atoms with Crippen molar-refractivity contribution in [2.24, 2.45) is 0 Å². The Bertz CT molecular complexity index is 394. The molecule has 1 aromatic rings. The smallest absolute Gasteiger partial charge is 0.315 e. The summed E-state index contributed by atoms with van der Waals surface area (Å²) in [6, 6.07) is 3.70. The lowest BCUT2D eigenvalue weighted by Crippen LogP contribution is -2.27. The lowest BCUT2D eigenvalue weighted by atomic mass is 10.1. The fourth-order valence-electron chi connectivity index (χ4n) is 1.59. The van der Waals surface area contributed by atoms with E-state index in [0.717, 1.165) is 32.1 Å². The second-order valence-electron chi connectivity index (χ2n) is 4.23. The lowest BCUT2D eigenvalue weighted by molar-refractivity contribution is -0.137. The Morgan fingerprint density at radius 1 is 1.11 bits per heavy atom. The quantitative estimate of drug-likeness (QED) is 0.743. The first-order chi connectivity index (χ1) is 8.95. The Morgan fingerprint density at radius 2 is 1.79 bits per heavy atom. The lowest BCUT2D eigenvalue weighted by Gasteiger charge is -2.11. The SMILES string of the molecule is CCCNCCNCc1cc(C(F)(F)F)ccc1Br. The van der Waals surface area contributed by atoms with Gasteiger partial charge in [0.05, 0.1) is 5.56 Å². The van der Waals surface area contributed by atoms with Gasteiger partial charge in [-0.2, -0.15) is 13.2 Å². The van der Waals surface area contributed by atoms with Gasteiger partial charge in [-0.25, -0.2) is 0 Å². The summed E-state index contributed by atoms with van der Waals surface area (Å²) in [5.74, 6) is 0. The summed E-state index contributed by atoms with van der Waals surface area (Å²) in [6.07, 6.45) is -3.22. The van der Waals surface area contributed by atoms with Crippen LogP contribution in [0.3, 0.4) is 0 Å². The molecule has 0 fully saturated rings. The van der Waals surface area contributed by atoms with Crippen molar-refractivity contribution in [2.45, 2.75) is 26.1 Å². The number of rotatable bonds is 7. The molecule has 2 N–H and O–H groups in total. The van der Waals surface area contributed by atoms with Crippen LogP contribution in [0, 0.1) is 0 Å². The summed E-state index contributed by atoms with van der Waals surface area (Å²) in [5.41, 5.74) is 0.00178. The predicted molar refractivity (Wildman–Crippen MR) is 74.0 cm³/mol. The van der Waals surface area contributed by atoms with E-state index in [1.807, 2.05) is 0 Å². The second-order valence-corrected chi connectivity index (χ2v) is 5.09. The maximum absolute atomic E-state index is 12.6. The molecule has 0 saturated heterocycles. The van der Waals surface area contributed by atoms with E-state index in [2.05, 4.69) is 33.5 Å². The van der Waals surface area contributed by atoms with Crippen LogP contribution in [-0.2, 0) is 12.7 Å². The van der Waals surface area contributed by atoms with Gasteiger partial charge in [-0.15, -0.1) is 0 Å². The number of halogens is 4. The fourth-order valence-corrected chi connectivity index (χ4v) is 1.97. The first kappa shape index (κ1) is 16.5. The summed E-state index contributed by atoms with van der Waals surface area (Å²) < 4.78 is 38.4. The van der Waals surface area contributed by atoms with E-state index >= 15 is 0 Å². The Hall–Kier alpha value is -0.590. The van der Waals surface area contributed by atoms with Crippen LogP contribution < -0.4 is 10.6 Å². The molecule has 0 heterocycles. The standard InChI is InChI=1S/C13H18BrF3N2/c1-2-5-18-6-7-19-9-10-8-11(13(15,16)17)3-4-12(10)14/h3-4,8,18-19H,2,5-7,9H2,1H3. The van der Waals surface area contributed by atoms with Crippen LogP contribution in [0.25, 0.3) is 0 Å². The Kier molecular flexibility index (Phi) is 6.82. The van der Waals surface area contributed by atoms with E-state index in [-0.39, 0.29) is 0 Å². The molecular formula is C13H18BrF3N2. The van der Waals surface area contributed by atoms with E-state index in [0.29, 0.717) is 16.6 Å². The summed E-state index contributed by atoms with van der Waals surface area (Å²) in [5, 5.41) is 6.34. The van der Waals surface area contributed by atoms with Gasteiger partial charge in [-0.05, 0) is 36.7 Å². The zero-order valence-corrected chi connectivity index (χ0v) is 12.4. The Morgan fingerprint density at radius 3 is 2.42 bits per heavy atom. The van der Waals surface area contributed by atoms with Gasteiger partial charge < -0.3 is 10.6 Å². The molecule has 0 amide bonds. The van der Waals surface area contributed by atoms with E-state index in [9.17, 15) is 13.2 Å². The van der Waals surface area contributed by atoms with E-state index < -0.39 is 11.7 Å². The topological polar surface area (TPSA) is 24.1 Å². The zero-order chi connectivity index (χ0) is 14.3. The fraction of sp³-hybridized carbons (Fsp3) is 0.538. The third-order valence-corrected chi connectivity index (χ3v) is 3.37. The van der Waals surface area contributed by atoms with E-state index in [1.54, 1.807) is 0 Å². The molecule has 108 valence electrons. The van der Waals surface area contributed by atoms with Crippen LogP contribution in [0.2, 0.25) is 0 Å². The van der Waals surface area contributed by atoms with Gasteiger partial charge in [0.15, 0.2) is 0 Å². The van der Waals surface area contributed by atoms with Crippen LogP contribution >= 0.6 is 15.9 Å². The Balaban J connectivity index is 2.49. The molecule has 0 atom stereocenters. The molecule has 2 nitrogen and oxygen atoms in total. The maximum Gasteiger partial charge on any atom is 0.416 e. The van der Waals surface area contributed by atoms with Gasteiger partial charge in [0.2, 0.25) is 0 Å². The van der Waals surface area contributed by atoms with Gasteiger partial charge in [-0.1, -0.05) is 22.9 Å². The van der Waals surface area contributed by atoms with Crippen LogP contribution in [-0.4, -0.2) is 19.6 Å². The van der Waals surface area contributed by atoms with Crippen molar-refractivity contribution in [1.82, 2.24) is 10.6 Å². The molecule has 6 heteroatoms. The summed E-state index contributed by atoms with van der Waals surface area (Å²) >= 11 is 3.27. The number of hydrogen-bond acceptors (Lipinski definition) is 2. The van der Waals surface area contributed by atoms with Crippen LogP contribution in [0.5, 0.6) is 0 Å². The first-order valence-electron chi connectivity index (χ1n) is 6.22. The molecule has 0 saturated carbocycles. The number of benzene rings is 1. The van der Waals surface area contributed by atoms with Gasteiger partial charge >= 0.3 is 6.18 Å². The molecule has 1 aromatic carbocycles. The molecule has 0 aliphatic heterocycles. The van der Waals surface area contributed by atoms with Gasteiger partial charge in [-0.3, -0.25) is 0 Å². The van der Waals surface area contributed by atoms with Gasteiger partial charge in [0.25, 0.3) is 0 Å². The van der Waals surface area contributed by atoms with Crippen molar-refractivity contribution in [3.05, 3.63) is 33.8 Å². The molecule has 19 heavy (non-hydrogen) atoms. The monoisotopic (exact) mass is 338 g/mol. The highest BCUT2D eigenvalue weighted by Gasteiger charge is 2.30. The third kappa shape index (κ3) is 5.93. The van der Waals surface area contributed by atoms with Crippen LogP contribution in [0.4, 0.5) is 13.2 Å². The highest BCUT2D eigenvalue weighted by atomic mass is 79.9. The normalized spacial score (nSPS) is 11.8. The largest absolute Gasteiger partial charge is 0.416 e. The van der Waals surface area contributed by atoms with E-state index in [4.69, 9.17) is 0 Å². The zero-order valence-electron chi connectivity index (χ0n) is 10.8. The predicted octanol–water partition coefficient (Wildman–Crippen LogP) is 3.56. The number of nitrogens with one attached hydrogen (secondary N) is 2. The van der Waals surface area contributed by atoms with Crippen molar-refractivity contribution in [2.75, 3.05) is 19.6 Å². The highest BCUT2D eigenvalue weighted by molar-refractivity contribution is 9.10. The highest BCUT2D eigenvalue weighted by Crippen LogP contribution is 2.31. The van der Waals surface area contributed by atoms with Crippen molar-refractivity contribution in [1.29, 1.82) is 0 Å². The van der Waals surface area contributed by atoms with Crippen molar-refractivity contribution in [3.63, 3.8) is 0 Å². The molecule has 0 aliphatic rings. The first-order valence-corrected chi connectivity index (χ1v) is 7.01. The summed E-state index contributed by atoms with van der Waals surface area (Å²) in [6.45, 7) is 4.99. The maximum atomic E-state index is 12.6. The molecular weight excluding hydrogens is 321 g/mol. The number of hydrogen-bond donors (Lipinski definition) is 2. The minimum absolute atomic E-state index is 0.415. The van der Waals surface area contributed by atoms with Crippen LogP contribution in [0.15, 0.2) is 22.7 Å². The third-order valence-electron chi connectivity index (χ3n) is 2.59. The average Bonchev–Trinajstić information content (AvgIpc) is 2.34. The molecule has 0 spiro atoms. The van der Waals surface area contributed by atoms with Crippen molar-refractivity contribution >= 4 is 15.9 Å². The summed E-state index contributed by atoms with van der Waals surface area (Å²) in [4.78, 5) is 0. The molecule has 0 aliphatic carbocycles. The van der Waals surface area contributed by atoms with Crippen LogP contribution in [0.1, 0.15) is 24.5 Å². The minimum Gasteiger partial charge on any atom is -0.315 e. The molecule has 0 radical (unpaired) electrons. The number of alkyl halides is 3. The Labute approximate surface area is 119 Å². The van der Waals surface area contributed by atoms with Gasteiger partial charge in [0.1, 0.15) is 0 Å². The van der Waals surface area contributed by atoms with Crippen molar-refractivity contribution < 1.29 is 13.2 Å². The van der Waals surface area contributed by atoms with Crippen molar-refractivity contribution in [3.8, 4) is 0 Å². The molecule has 0 bridgehead atoms. The second kappa shape index (κ2) is 7.87. The molecule has 0 aromatic heterocycles. The summed E-state index contributed by atoms with van der Waals surface area (Å²) in [7, 11) is 0. The average molecular weight is 339 g/mol. The minimum atomic E-state index is -4.29. The molecule has 1 rings (SSSR count).